The summed E-state index contributed by atoms with van der Waals surface area (Å²) in [7, 11) is 2.01. The Morgan fingerprint density at radius 2 is 2.07 bits per heavy atom. The maximum absolute atomic E-state index is 9.29. The molecule has 0 bridgehead atoms. The summed E-state index contributed by atoms with van der Waals surface area (Å²) in [4.78, 5) is 6.45. The second-order valence-electron chi connectivity index (χ2n) is 3.18. The highest BCUT2D eigenvalue weighted by Gasteiger charge is 2.14. The Morgan fingerprint density at radius 3 is 2.60 bits per heavy atom. The molecule has 3 heteroatoms. The van der Waals surface area contributed by atoms with Gasteiger partial charge in [-0.3, -0.25) is 4.99 Å². The molecule has 0 unspecified atom stereocenters. The standard InChI is InChI=1S/C10H12N2O.C2H6/c1-12-6-5-11-10(12)8-3-2-4-9(13)7-8;1-2/h2-4,7,13H,5-6H2,1H3;1-2H3. The number of likely N-dealkylation sites (N-methyl/N-ethyl adjacent to an activating group) is 1. The fourth-order valence-corrected chi connectivity index (χ4v) is 1.49. The number of aliphatic imine (C=N–C) groups is 1. The number of aromatic hydroxyl groups is 1. The molecule has 0 saturated heterocycles. The molecule has 82 valence electrons. The molecule has 3 nitrogen and oxygen atoms in total. The van der Waals surface area contributed by atoms with Crippen molar-refractivity contribution in [3.05, 3.63) is 29.8 Å². The van der Waals surface area contributed by atoms with E-state index in [4.69, 9.17) is 0 Å². The van der Waals surface area contributed by atoms with E-state index in [1.165, 1.54) is 0 Å². The van der Waals surface area contributed by atoms with Gasteiger partial charge in [0.2, 0.25) is 0 Å². The van der Waals surface area contributed by atoms with Crippen molar-refractivity contribution in [2.45, 2.75) is 13.8 Å². The molecule has 0 amide bonds. The topological polar surface area (TPSA) is 35.8 Å². The summed E-state index contributed by atoms with van der Waals surface area (Å²) in [5, 5.41) is 9.29. The predicted octanol–water partition coefficient (Wildman–Crippen LogP) is 2.11. The highest BCUT2D eigenvalue weighted by molar-refractivity contribution is 5.99. The Morgan fingerprint density at radius 1 is 1.33 bits per heavy atom. The molecule has 1 aromatic carbocycles. The zero-order chi connectivity index (χ0) is 11.3. The van der Waals surface area contributed by atoms with Crippen molar-refractivity contribution in [1.29, 1.82) is 0 Å². The SMILES string of the molecule is CC.CN1CCN=C1c1cccc(O)c1. The lowest BCUT2D eigenvalue weighted by Crippen LogP contribution is -2.23. The van der Waals surface area contributed by atoms with E-state index in [-0.39, 0.29) is 0 Å². The normalized spacial score (nSPS) is 14.3. The first-order valence-corrected chi connectivity index (χ1v) is 5.32. The van der Waals surface area contributed by atoms with E-state index in [0.717, 1.165) is 24.5 Å². The third kappa shape index (κ3) is 2.72. The van der Waals surface area contributed by atoms with Gasteiger partial charge in [-0.2, -0.15) is 0 Å². The van der Waals surface area contributed by atoms with E-state index >= 15 is 0 Å². The molecule has 1 aliphatic rings. The van der Waals surface area contributed by atoms with Crippen LogP contribution in [0.2, 0.25) is 0 Å². The number of rotatable bonds is 1. The van der Waals surface area contributed by atoms with Crippen LogP contribution in [0.5, 0.6) is 5.75 Å². The van der Waals surface area contributed by atoms with Crippen molar-refractivity contribution in [2.75, 3.05) is 20.1 Å². The Labute approximate surface area is 91.1 Å². The second-order valence-corrected chi connectivity index (χ2v) is 3.18. The van der Waals surface area contributed by atoms with Crippen molar-refractivity contribution >= 4 is 5.84 Å². The van der Waals surface area contributed by atoms with Crippen LogP contribution < -0.4 is 0 Å². The van der Waals surface area contributed by atoms with Gasteiger partial charge in [0.15, 0.2) is 0 Å². The molecule has 0 fully saturated rings. The minimum absolute atomic E-state index is 0.292. The molecule has 1 N–H and O–H groups in total. The van der Waals surface area contributed by atoms with Crippen molar-refractivity contribution in [3.8, 4) is 5.75 Å². The fourth-order valence-electron chi connectivity index (χ4n) is 1.49. The first-order chi connectivity index (χ1) is 7.27. The van der Waals surface area contributed by atoms with Gasteiger partial charge in [-0.1, -0.05) is 26.0 Å². The Kier molecular flexibility index (Phi) is 4.16. The molecule has 0 atom stereocenters. The van der Waals surface area contributed by atoms with E-state index in [1.54, 1.807) is 12.1 Å². The number of nitrogens with zero attached hydrogens (tertiary/aromatic N) is 2. The first-order valence-electron chi connectivity index (χ1n) is 5.32. The number of hydrogen-bond acceptors (Lipinski definition) is 3. The van der Waals surface area contributed by atoms with Crippen molar-refractivity contribution in [3.63, 3.8) is 0 Å². The van der Waals surface area contributed by atoms with Crippen molar-refractivity contribution in [2.24, 2.45) is 4.99 Å². The zero-order valence-corrected chi connectivity index (χ0v) is 9.57. The van der Waals surface area contributed by atoms with Crippen LogP contribution in [0, 0.1) is 0 Å². The fraction of sp³-hybridized carbons (Fsp3) is 0.417. The third-order valence-electron chi connectivity index (χ3n) is 2.16. The van der Waals surface area contributed by atoms with Gasteiger partial charge in [0, 0.05) is 19.2 Å². The van der Waals surface area contributed by atoms with Gasteiger partial charge in [0.05, 0.1) is 6.54 Å². The maximum atomic E-state index is 9.29. The lowest BCUT2D eigenvalue weighted by Gasteiger charge is -2.13. The van der Waals surface area contributed by atoms with Crippen molar-refractivity contribution in [1.82, 2.24) is 4.90 Å². The molecule has 1 aromatic rings. The van der Waals surface area contributed by atoms with Crippen LogP contribution in [-0.2, 0) is 0 Å². The smallest absolute Gasteiger partial charge is 0.130 e. The minimum atomic E-state index is 0.292. The Balaban J connectivity index is 0.000000531. The first kappa shape index (κ1) is 11.6. The summed E-state index contributed by atoms with van der Waals surface area (Å²) in [5.74, 6) is 1.26. The van der Waals surface area contributed by atoms with Gasteiger partial charge in [-0.05, 0) is 12.1 Å². The quantitative estimate of drug-likeness (QED) is 0.764. The number of hydrogen-bond donors (Lipinski definition) is 1. The molecular formula is C12H18N2O. The summed E-state index contributed by atoms with van der Waals surface area (Å²) in [5.41, 5.74) is 0.986. The van der Waals surface area contributed by atoms with Crippen LogP contribution in [0.1, 0.15) is 19.4 Å². The van der Waals surface area contributed by atoms with Crippen LogP contribution in [0.25, 0.3) is 0 Å². The third-order valence-corrected chi connectivity index (χ3v) is 2.16. The van der Waals surface area contributed by atoms with E-state index in [9.17, 15) is 5.11 Å². The molecule has 0 saturated carbocycles. The Hall–Kier alpha value is -1.51. The van der Waals surface area contributed by atoms with Crippen LogP contribution in [0.15, 0.2) is 29.3 Å². The van der Waals surface area contributed by atoms with Crippen LogP contribution in [0.4, 0.5) is 0 Å². The summed E-state index contributed by atoms with van der Waals surface area (Å²) in [6.45, 7) is 5.81. The van der Waals surface area contributed by atoms with E-state index in [0.29, 0.717) is 5.75 Å². The highest BCUT2D eigenvalue weighted by Crippen LogP contribution is 2.15. The van der Waals surface area contributed by atoms with Gasteiger partial charge in [0.25, 0.3) is 0 Å². The predicted molar refractivity (Wildman–Crippen MR) is 63.5 cm³/mol. The van der Waals surface area contributed by atoms with E-state index < -0.39 is 0 Å². The molecular weight excluding hydrogens is 188 g/mol. The summed E-state index contributed by atoms with van der Waals surface area (Å²) in [6.07, 6.45) is 0. The van der Waals surface area contributed by atoms with E-state index in [1.807, 2.05) is 33.0 Å². The van der Waals surface area contributed by atoms with Gasteiger partial charge in [0.1, 0.15) is 11.6 Å². The number of phenols is 1. The number of phenolic OH excluding ortho intramolecular Hbond substituents is 1. The average molecular weight is 206 g/mol. The van der Waals surface area contributed by atoms with E-state index in [2.05, 4.69) is 9.89 Å². The van der Waals surface area contributed by atoms with Crippen molar-refractivity contribution < 1.29 is 5.11 Å². The van der Waals surface area contributed by atoms with Gasteiger partial charge in [-0.25, -0.2) is 0 Å². The molecule has 1 aliphatic heterocycles. The Bertz CT molecular complexity index is 347. The molecule has 0 radical (unpaired) electrons. The number of amidine groups is 1. The summed E-state index contributed by atoms with van der Waals surface area (Å²) < 4.78 is 0. The summed E-state index contributed by atoms with van der Waals surface area (Å²) >= 11 is 0. The zero-order valence-electron chi connectivity index (χ0n) is 9.57. The maximum Gasteiger partial charge on any atom is 0.130 e. The summed E-state index contributed by atoms with van der Waals surface area (Å²) in [6, 6.07) is 7.19. The number of benzene rings is 1. The monoisotopic (exact) mass is 206 g/mol. The van der Waals surface area contributed by atoms with Gasteiger partial charge < -0.3 is 10.0 Å². The molecule has 0 spiro atoms. The molecule has 15 heavy (non-hydrogen) atoms. The van der Waals surface area contributed by atoms with Gasteiger partial charge >= 0.3 is 0 Å². The molecule has 0 aromatic heterocycles. The van der Waals surface area contributed by atoms with Crippen LogP contribution in [-0.4, -0.2) is 36.0 Å². The largest absolute Gasteiger partial charge is 0.508 e. The van der Waals surface area contributed by atoms with Gasteiger partial charge in [-0.15, -0.1) is 0 Å². The highest BCUT2D eigenvalue weighted by atomic mass is 16.3. The lowest BCUT2D eigenvalue weighted by molar-refractivity contribution is 0.475. The molecule has 1 heterocycles. The van der Waals surface area contributed by atoms with Crippen LogP contribution in [0.3, 0.4) is 0 Å². The molecule has 2 rings (SSSR count). The minimum Gasteiger partial charge on any atom is -0.508 e. The second kappa shape index (κ2) is 5.39. The lowest BCUT2D eigenvalue weighted by atomic mass is 10.2. The van der Waals surface area contributed by atoms with Crippen LogP contribution >= 0.6 is 0 Å². The average Bonchev–Trinajstić information content (AvgIpc) is 2.67. The molecule has 0 aliphatic carbocycles.